The van der Waals surface area contributed by atoms with Crippen LogP contribution in [0.15, 0.2) is 205 Å². The van der Waals surface area contributed by atoms with E-state index in [1.807, 2.05) is 12.1 Å². The molecule has 1 aromatic heterocycles. The maximum atomic E-state index is 6.93. The van der Waals surface area contributed by atoms with Gasteiger partial charge in [0.05, 0.1) is 5.69 Å². The molecule has 9 aromatic rings. The Labute approximate surface area is 319 Å². The van der Waals surface area contributed by atoms with Crippen molar-refractivity contribution in [3.63, 3.8) is 0 Å². The predicted molar refractivity (Wildman–Crippen MR) is 227 cm³/mol. The number of hydrogen-bond acceptors (Lipinski definition) is 3. The van der Waals surface area contributed by atoms with E-state index in [9.17, 15) is 0 Å². The third-order valence-corrected chi connectivity index (χ3v) is 11.2. The van der Waals surface area contributed by atoms with Gasteiger partial charge in [0.25, 0.3) is 0 Å². The van der Waals surface area contributed by atoms with Gasteiger partial charge in [0.15, 0.2) is 0 Å². The molecule has 0 saturated carbocycles. The Morgan fingerprint density at radius 2 is 1.02 bits per heavy atom. The first-order valence-corrected chi connectivity index (χ1v) is 18.9. The molecule has 0 N–H and O–H groups in total. The largest absolute Gasteiger partial charge is 0.484 e. The van der Waals surface area contributed by atoms with Gasteiger partial charge in [-0.05, 0) is 76.3 Å². The van der Waals surface area contributed by atoms with Crippen LogP contribution in [0.4, 0.5) is 17.1 Å². The number of hydrogen-bond donors (Lipinski definition) is 0. The Morgan fingerprint density at radius 1 is 0.436 bits per heavy atom. The summed E-state index contributed by atoms with van der Waals surface area (Å²) >= 11 is 0. The molecule has 2 heterocycles. The van der Waals surface area contributed by atoms with E-state index >= 15 is 0 Å². The highest BCUT2D eigenvalue weighted by molar-refractivity contribution is 6.06. The van der Waals surface area contributed by atoms with Crippen LogP contribution in [0.5, 0.6) is 5.75 Å². The van der Waals surface area contributed by atoms with E-state index in [1.54, 1.807) is 0 Å². The first kappa shape index (κ1) is 31.4. The number of ether oxygens (including phenoxy) is 1. The lowest BCUT2D eigenvalue weighted by Gasteiger charge is -2.28. The van der Waals surface area contributed by atoms with Crippen LogP contribution >= 0.6 is 0 Å². The zero-order valence-corrected chi connectivity index (χ0v) is 30.0. The topological polar surface area (TPSA) is 25.6 Å². The summed E-state index contributed by atoms with van der Waals surface area (Å²) < 4.78 is 13.0. The Balaban J connectivity index is 0.958. The molecule has 2 aliphatic rings. The molecule has 11 rings (SSSR count). The van der Waals surface area contributed by atoms with Crippen LogP contribution in [0.25, 0.3) is 60.5 Å². The van der Waals surface area contributed by atoms with Crippen molar-refractivity contribution in [2.45, 2.75) is 12.0 Å². The minimum Gasteiger partial charge on any atom is -0.484 e. The lowest BCUT2D eigenvalue weighted by molar-refractivity contribution is 0.281. The number of rotatable bonds is 6. The Kier molecular flexibility index (Phi) is 7.31. The molecule has 1 aliphatic carbocycles. The van der Waals surface area contributed by atoms with Crippen LogP contribution in [-0.2, 0) is 0 Å². The molecule has 260 valence electrons. The fraction of sp³-hybridized carbons (Fsp3) is 0.0385. The first-order valence-electron chi connectivity index (χ1n) is 18.9. The molecule has 0 fully saturated rings. The highest BCUT2D eigenvalue weighted by Crippen LogP contribution is 2.53. The second-order valence-corrected chi connectivity index (χ2v) is 14.4. The van der Waals surface area contributed by atoms with E-state index in [1.165, 1.54) is 39.0 Å². The minimum atomic E-state index is -0.0784. The number of benzene rings is 8. The average molecular weight is 706 g/mol. The summed E-state index contributed by atoms with van der Waals surface area (Å²) in [7, 11) is 0. The fourth-order valence-corrected chi connectivity index (χ4v) is 8.57. The number of fused-ring (bicyclic) bond motifs is 8. The maximum Gasteiger partial charge on any atom is 0.135 e. The van der Waals surface area contributed by atoms with Gasteiger partial charge in [-0.2, -0.15) is 0 Å². The Bertz CT molecular complexity index is 2940. The number of para-hydroxylation sites is 2. The first-order chi connectivity index (χ1) is 27.3. The van der Waals surface area contributed by atoms with Gasteiger partial charge < -0.3 is 14.1 Å². The zero-order chi connectivity index (χ0) is 36.3. The molecule has 0 amide bonds. The van der Waals surface area contributed by atoms with Gasteiger partial charge in [0.1, 0.15) is 23.0 Å². The second-order valence-electron chi connectivity index (χ2n) is 14.4. The summed E-state index contributed by atoms with van der Waals surface area (Å²) in [5.41, 5.74) is 13.5. The Hall–Kier alpha value is -7.10. The van der Waals surface area contributed by atoms with Crippen molar-refractivity contribution in [3.05, 3.63) is 211 Å². The molecule has 3 nitrogen and oxygen atoms in total. The van der Waals surface area contributed by atoms with Crippen LogP contribution in [0.1, 0.15) is 17.0 Å². The summed E-state index contributed by atoms with van der Waals surface area (Å²) in [6.07, 6.45) is 6.62. The molecule has 1 aliphatic heterocycles. The van der Waals surface area contributed by atoms with E-state index in [-0.39, 0.29) is 12.0 Å². The molecule has 2 unspecified atom stereocenters. The number of nitrogens with zero attached hydrogens (tertiary/aromatic N) is 1. The van der Waals surface area contributed by atoms with Gasteiger partial charge in [-0.25, -0.2) is 0 Å². The molecular weight excluding hydrogens is 671 g/mol. The highest BCUT2D eigenvalue weighted by Gasteiger charge is 2.39. The summed E-state index contributed by atoms with van der Waals surface area (Å²) in [6.45, 7) is 0. The minimum absolute atomic E-state index is 0.0784. The summed E-state index contributed by atoms with van der Waals surface area (Å²) in [6, 6.07) is 64.8. The van der Waals surface area contributed by atoms with Crippen molar-refractivity contribution < 1.29 is 9.15 Å². The van der Waals surface area contributed by atoms with Gasteiger partial charge >= 0.3 is 0 Å². The lowest BCUT2D eigenvalue weighted by Crippen LogP contribution is -2.21. The van der Waals surface area contributed by atoms with Gasteiger partial charge in [0, 0.05) is 50.0 Å². The average Bonchev–Trinajstić information content (AvgIpc) is 3.83. The van der Waals surface area contributed by atoms with Crippen molar-refractivity contribution in [2.24, 2.45) is 0 Å². The summed E-state index contributed by atoms with van der Waals surface area (Å²) in [4.78, 5) is 2.39. The van der Waals surface area contributed by atoms with Crippen molar-refractivity contribution in [2.75, 3.05) is 4.90 Å². The monoisotopic (exact) mass is 705 g/mol. The third kappa shape index (κ3) is 5.27. The SMILES string of the molecule is C1=CC2c3cc(N(c4ccccc4)c4ccc(-c5ccc(-c6ccc7oc8ccccc8c7c6)cc5)cc4)c4ccccc4c3OC2C(c2ccccc2)=C1. The number of anilines is 3. The van der Waals surface area contributed by atoms with E-state index in [0.717, 1.165) is 55.5 Å². The molecule has 2 atom stereocenters. The van der Waals surface area contributed by atoms with Crippen LogP contribution in [0.3, 0.4) is 0 Å². The number of allylic oxidation sites excluding steroid dienone is 2. The molecule has 0 saturated heterocycles. The Morgan fingerprint density at radius 3 is 1.78 bits per heavy atom. The summed E-state index contributed by atoms with van der Waals surface area (Å²) in [5, 5.41) is 4.57. The van der Waals surface area contributed by atoms with Crippen molar-refractivity contribution in [3.8, 4) is 28.0 Å². The number of furan rings is 1. The summed E-state index contributed by atoms with van der Waals surface area (Å²) in [5.74, 6) is 1.09. The van der Waals surface area contributed by atoms with E-state index in [2.05, 4.69) is 193 Å². The molecule has 0 radical (unpaired) electrons. The van der Waals surface area contributed by atoms with E-state index in [4.69, 9.17) is 9.15 Å². The van der Waals surface area contributed by atoms with Crippen molar-refractivity contribution in [1.29, 1.82) is 0 Å². The molecule has 0 bridgehead atoms. The third-order valence-electron chi connectivity index (χ3n) is 11.2. The van der Waals surface area contributed by atoms with Crippen LogP contribution in [-0.4, -0.2) is 6.10 Å². The molecular formula is C52H35NO2. The van der Waals surface area contributed by atoms with Gasteiger partial charge in [-0.1, -0.05) is 152 Å². The van der Waals surface area contributed by atoms with Crippen molar-refractivity contribution >= 4 is 55.3 Å². The zero-order valence-electron chi connectivity index (χ0n) is 30.0. The second kappa shape index (κ2) is 12.8. The maximum absolute atomic E-state index is 6.93. The van der Waals surface area contributed by atoms with E-state index < -0.39 is 0 Å². The van der Waals surface area contributed by atoms with Crippen LogP contribution in [0.2, 0.25) is 0 Å². The lowest BCUT2D eigenvalue weighted by atomic mass is 9.83. The fourth-order valence-electron chi connectivity index (χ4n) is 8.57. The smallest absolute Gasteiger partial charge is 0.135 e. The predicted octanol–water partition coefficient (Wildman–Crippen LogP) is 14.0. The van der Waals surface area contributed by atoms with Gasteiger partial charge in [0.2, 0.25) is 0 Å². The standard InChI is InChI=1S/C52H35NO2/c1-3-12-37(13-4-1)41-19-11-20-45-47-33-48(42-16-7-8-18-44(42)52(47)55-51(41)45)53(39-14-5-2-6-15-39)40-29-26-35(27-30-40)34-22-24-36(25-23-34)38-28-31-50-46(32-38)43-17-9-10-21-49(43)54-50/h1-33,45,51H. The quantitative estimate of drug-likeness (QED) is 0.172. The molecule has 3 heteroatoms. The van der Waals surface area contributed by atoms with Gasteiger partial charge in [-0.15, -0.1) is 0 Å². The molecule has 55 heavy (non-hydrogen) atoms. The van der Waals surface area contributed by atoms with Crippen LogP contribution in [0, 0.1) is 0 Å². The van der Waals surface area contributed by atoms with Crippen molar-refractivity contribution in [1.82, 2.24) is 0 Å². The van der Waals surface area contributed by atoms with Crippen LogP contribution < -0.4 is 9.64 Å². The molecule has 0 spiro atoms. The van der Waals surface area contributed by atoms with Gasteiger partial charge in [-0.3, -0.25) is 0 Å². The molecule has 8 aromatic carbocycles. The highest BCUT2D eigenvalue weighted by atomic mass is 16.5. The normalized spacial score (nSPS) is 15.8. The van der Waals surface area contributed by atoms with E-state index in [0.29, 0.717) is 0 Å².